The quantitative estimate of drug-likeness (QED) is 0.889. The summed E-state index contributed by atoms with van der Waals surface area (Å²) in [4.78, 5) is 48.0. The molecule has 2 aromatic rings. The molecule has 0 spiro atoms. The van der Waals surface area contributed by atoms with Gasteiger partial charge in [-0.05, 0) is 25.0 Å². The van der Waals surface area contributed by atoms with Crippen LogP contribution in [-0.4, -0.2) is 51.2 Å². The summed E-state index contributed by atoms with van der Waals surface area (Å²) >= 11 is 0. The van der Waals surface area contributed by atoms with Crippen molar-refractivity contribution >= 4 is 22.7 Å². The van der Waals surface area contributed by atoms with E-state index in [0.717, 1.165) is 25.7 Å². The van der Waals surface area contributed by atoms with E-state index in [1.54, 1.807) is 30.1 Å². The topological polar surface area (TPSA) is 86.4 Å². The summed E-state index contributed by atoms with van der Waals surface area (Å²) in [6.07, 6.45) is 4.69. The molecule has 2 fully saturated rings. The Morgan fingerprint density at radius 1 is 1.26 bits per heavy atom. The Kier molecular flexibility index (Phi) is 4.68. The van der Waals surface area contributed by atoms with Gasteiger partial charge in [0.15, 0.2) is 0 Å². The number of likely N-dealkylation sites (tertiary alicyclic amines) is 1. The average molecular weight is 368 g/mol. The van der Waals surface area contributed by atoms with Crippen LogP contribution in [0.2, 0.25) is 0 Å². The Labute approximate surface area is 157 Å². The molecule has 1 atom stereocenters. The van der Waals surface area contributed by atoms with Crippen molar-refractivity contribution in [3.63, 3.8) is 0 Å². The number of H-pyrrole nitrogens is 1. The van der Waals surface area contributed by atoms with Gasteiger partial charge in [-0.1, -0.05) is 25.0 Å². The minimum atomic E-state index is -0.310. The van der Waals surface area contributed by atoms with Crippen LogP contribution in [0.15, 0.2) is 29.1 Å². The molecular weight excluding hydrogens is 344 g/mol. The number of amides is 2. The van der Waals surface area contributed by atoms with Gasteiger partial charge in [-0.2, -0.15) is 0 Å². The minimum absolute atomic E-state index is 0.0698. The first kappa shape index (κ1) is 17.7. The Balaban J connectivity index is 1.45. The summed E-state index contributed by atoms with van der Waals surface area (Å²) in [6.45, 7) is 0.724. The number of nitrogens with zero attached hydrogens (tertiary/aromatic N) is 3. The minimum Gasteiger partial charge on any atom is -0.339 e. The molecule has 2 heterocycles. The van der Waals surface area contributed by atoms with Crippen molar-refractivity contribution in [2.45, 2.75) is 44.7 Å². The number of para-hydroxylation sites is 1. The number of aromatic amines is 1. The maximum absolute atomic E-state index is 12.8. The second kappa shape index (κ2) is 7.13. The van der Waals surface area contributed by atoms with E-state index in [1.165, 1.54) is 0 Å². The SMILES string of the molecule is CN(Cc1nc2ccccc2c(=O)[nH]1)C(=O)[C@H]1CC(=O)N(C2CCCC2)C1. The van der Waals surface area contributed by atoms with Crippen molar-refractivity contribution in [3.8, 4) is 0 Å². The first-order chi connectivity index (χ1) is 13.0. The number of carbonyl (C=O) groups is 2. The van der Waals surface area contributed by atoms with E-state index in [2.05, 4.69) is 9.97 Å². The lowest BCUT2D eigenvalue weighted by Gasteiger charge is -2.25. The fourth-order valence-corrected chi connectivity index (χ4v) is 4.29. The molecule has 142 valence electrons. The van der Waals surface area contributed by atoms with E-state index in [1.807, 2.05) is 11.0 Å². The number of aromatic nitrogens is 2. The largest absolute Gasteiger partial charge is 0.339 e. The fraction of sp³-hybridized carbons (Fsp3) is 0.500. The monoisotopic (exact) mass is 368 g/mol. The molecule has 1 saturated carbocycles. The van der Waals surface area contributed by atoms with Crippen molar-refractivity contribution in [3.05, 3.63) is 40.4 Å². The van der Waals surface area contributed by atoms with E-state index in [0.29, 0.717) is 29.3 Å². The molecule has 1 saturated heterocycles. The summed E-state index contributed by atoms with van der Waals surface area (Å²) in [5, 5.41) is 0.531. The second-order valence-electron chi connectivity index (χ2n) is 7.61. The van der Waals surface area contributed by atoms with Crippen LogP contribution in [0.5, 0.6) is 0 Å². The smallest absolute Gasteiger partial charge is 0.258 e. The fourth-order valence-electron chi connectivity index (χ4n) is 4.29. The lowest BCUT2D eigenvalue weighted by atomic mass is 10.1. The van der Waals surface area contributed by atoms with Crippen LogP contribution in [-0.2, 0) is 16.1 Å². The molecule has 1 aliphatic carbocycles. The van der Waals surface area contributed by atoms with Gasteiger partial charge in [0.25, 0.3) is 5.56 Å². The molecule has 2 amide bonds. The third-order valence-corrected chi connectivity index (χ3v) is 5.70. The van der Waals surface area contributed by atoms with Gasteiger partial charge in [0.1, 0.15) is 5.82 Å². The van der Waals surface area contributed by atoms with Crippen LogP contribution in [0, 0.1) is 5.92 Å². The van der Waals surface area contributed by atoms with E-state index in [9.17, 15) is 14.4 Å². The van der Waals surface area contributed by atoms with Crippen LogP contribution in [0.3, 0.4) is 0 Å². The second-order valence-corrected chi connectivity index (χ2v) is 7.61. The van der Waals surface area contributed by atoms with Gasteiger partial charge >= 0.3 is 0 Å². The number of hydrogen-bond donors (Lipinski definition) is 1. The maximum atomic E-state index is 12.8. The molecule has 1 N–H and O–H groups in total. The van der Waals surface area contributed by atoms with Crippen LogP contribution < -0.4 is 5.56 Å². The third-order valence-electron chi connectivity index (χ3n) is 5.70. The Bertz CT molecular complexity index is 932. The number of nitrogens with one attached hydrogen (secondary N) is 1. The van der Waals surface area contributed by atoms with E-state index >= 15 is 0 Å². The molecule has 0 radical (unpaired) electrons. The van der Waals surface area contributed by atoms with Crippen LogP contribution in [0.4, 0.5) is 0 Å². The lowest BCUT2D eigenvalue weighted by molar-refractivity contribution is -0.135. The summed E-state index contributed by atoms with van der Waals surface area (Å²) in [6, 6.07) is 7.43. The van der Waals surface area contributed by atoms with E-state index < -0.39 is 0 Å². The molecule has 0 bridgehead atoms. The van der Waals surface area contributed by atoms with Gasteiger partial charge in [-0.15, -0.1) is 0 Å². The lowest BCUT2D eigenvalue weighted by Crippen LogP contribution is -2.37. The Morgan fingerprint density at radius 3 is 2.78 bits per heavy atom. The number of carbonyl (C=O) groups excluding carboxylic acids is 2. The predicted octanol–water partition coefficient (Wildman–Crippen LogP) is 1.67. The average Bonchev–Trinajstić information content (AvgIpc) is 3.30. The molecule has 2 aliphatic rings. The summed E-state index contributed by atoms with van der Waals surface area (Å²) < 4.78 is 0. The molecule has 7 nitrogen and oxygen atoms in total. The van der Waals surface area contributed by atoms with Gasteiger partial charge in [-0.25, -0.2) is 4.98 Å². The third kappa shape index (κ3) is 3.46. The molecule has 27 heavy (non-hydrogen) atoms. The van der Waals surface area contributed by atoms with E-state index in [-0.39, 0.29) is 36.3 Å². The maximum Gasteiger partial charge on any atom is 0.258 e. The van der Waals surface area contributed by atoms with Crippen molar-refractivity contribution in [1.29, 1.82) is 0 Å². The van der Waals surface area contributed by atoms with Crippen molar-refractivity contribution in [2.24, 2.45) is 5.92 Å². The highest BCUT2D eigenvalue weighted by molar-refractivity contribution is 5.89. The highest BCUT2D eigenvalue weighted by atomic mass is 16.2. The van der Waals surface area contributed by atoms with Crippen molar-refractivity contribution < 1.29 is 9.59 Å². The first-order valence-corrected chi connectivity index (χ1v) is 9.55. The predicted molar refractivity (Wildman–Crippen MR) is 101 cm³/mol. The number of fused-ring (bicyclic) bond motifs is 1. The van der Waals surface area contributed by atoms with Crippen LogP contribution >= 0.6 is 0 Å². The van der Waals surface area contributed by atoms with Gasteiger partial charge in [0.05, 0.1) is 23.4 Å². The van der Waals surface area contributed by atoms with Gasteiger partial charge in [0.2, 0.25) is 11.8 Å². The van der Waals surface area contributed by atoms with Crippen molar-refractivity contribution in [1.82, 2.24) is 19.8 Å². The molecule has 1 aromatic heterocycles. The highest BCUT2D eigenvalue weighted by Crippen LogP contribution is 2.30. The van der Waals surface area contributed by atoms with E-state index in [4.69, 9.17) is 0 Å². The molecule has 4 rings (SSSR count). The van der Waals surface area contributed by atoms with Crippen LogP contribution in [0.25, 0.3) is 10.9 Å². The Hall–Kier alpha value is -2.70. The highest BCUT2D eigenvalue weighted by Gasteiger charge is 2.39. The normalized spacial score (nSPS) is 20.6. The molecule has 7 heteroatoms. The van der Waals surface area contributed by atoms with Gasteiger partial charge < -0.3 is 14.8 Å². The van der Waals surface area contributed by atoms with Crippen LogP contribution in [0.1, 0.15) is 37.9 Å². The zero-order chi connectivity index (χ0) is 19.0. The molecule has 1 aromatic carbocycles. The van der Waals surface area contributed by atoms with Gasteiger partial charge in [-0.3, -0.25) is 14.4 Å². The number of hydrogen-bond acceptors (Lipinski definition) is 4. The molecule has 1 aliphatic heterocycles. The zero-order valence-electron chi connectivity index (χ0n) is 15.5. The number of rotatable bonds is 4. The standard InChI is InChI=1S/C20H24N4O3/c1-23(12-17-21-16-9-5-4-8-15(16)19(26)22-17)20(27)13-10-18(25)24(11-13)14-6-2-3-7-14/h4-5,8-9,13-14H,2-3,6-7,10-12H2,1H3,(H,21,22,26)/t13-/m0/s1. The first-order valence-electron chi connectivity index (χ1n) is 9.55. The zero-order valence-corrected chi connectivity index (χ0v) is 15.5. The molecular formula is C20H24N4O3. The number of benzene rings is 1. The molecule has 0 unspecified atom stereocenters. The van der Waals surface area contributed by atoms with Crippen molar-refractivity contribution in [2.75, 3.05) is 13.6 Å². The Morgan fingerprint density at radius 2 is 2.00 bits per heavy atom. The summed E-state index contributed by atoms with van der Waals surface area (Å²) in [5.41, 5.74) is 0.403. The summed E-state index contributed by atoms with van der Waals surface area (Å²) in [5.74, 6) is 0.160. The summed E-state index contributed by atoms with van der Waals surface area (Å²) in [7, 11) is 1.69. The van der Waals surface area contributed by atoms with Gasteiger partial charge in [0, 0.05) is 26.1 Å².